The minimum atomic E-state index is -0.868. The van der Waals surface area contributed by atoms with Gasteiger partial charge in [0.15, 0.2) is 11.5 Å². The molecular weight excluding hydrogens is 504 g/mol. The van der Waals surface area contributed by atoms with Crippen LogP contribution in [0.15, 0.2) is 46.4 Å². The number of nitrogens with zero attached hydrogens (tertiary/aromatic N) is 2. The third-order valence-electron chi connectivity index (χ3n) is 6.02. The zero-order valence-corrected chi connectivity index (χ0v) is 21.3. The number of phenolic OH excluding ortho intramolecular Hbond substituents is 1. The van der Waals surface area contributed by atoms with Crippen LogP contribution in [-0.4, -0.2) is 72.1 Å². The van der Waals surface area contributed by atoms with Crippen LogP contribution in [0, 0.1) is 0 Å². The fourth-order valence-corrected chi connectivity index (χ4v) is 4.54. The van der Waals surface area contributed by atoms with Crippen molar-refractivity contribution >= 4 is 33.4 Å². The van der Waals surface area contributed by atoms with Crippen molar-refractivity contribution in [3.05, 3.63) is 57.6 Å². The van der Waals surface area contributed by atoms with E-state index in [1.165, 1.54) is 19.1 Å². The van der Waals surface area contributed by atoms with E-state index < -0.39 is 17.7 Å². The smallest absolute Gasteiger partial charge is 0.295 e. The summed E-state index contributed by atoms with van der Waals surface area (Å²) in [6.07, 6.45) is 0. The van der Waals surface area contributed by atoms with Gasteiger partial charge in [-0.05, 0) is 58.8 Å². The third kappa shape index (κ3) is 4.90. The van der Waals surface area contributed by atoms with Gasteiger partial charge in [0, 0.05) is 18.7 Å². The molecule has 1 atom stereocenters. The summed E-state index contributed by atoms with van der Waals surface area (Å²) in [5.74, 6) is -1.17. The van der Waals surface area contributed by atoms with E-state index in [1.807, 2.05) is 13.8 Å². The van der Waals surface area contributed by atoms with E-state index in [0.717, 1.165) is 13.1 Å². The number of phenols is 1. The number of amides is 1. The van der Waals surface area contributed by atoms with Crippen molar-refractivity contribution in [3.63, 3.8) is 0 Å². The second-order valence-corrected chi connectivity index (χ2v) is 8.66. The normalized spacial score (nSPS) is 17.5. The molecule has 2 aromatic carbocycles. The predicted molar refractivity (Wildman–Crippen MR) is 132 cm³/mol. The first-order valence-electron chi connectivity index (χ1n) is 11.0. The molecule has 1 fully saturated rings. The molecule has 0 aromatic heterocycles. The highest BCUT2D eigenvalue weighted by molar-refractivity contribution is 9.10. The summed E-state index contributed by atoms with van der Waals surface area (Å²) in [5, 5.41) is 21.5. The van der Waals surface area contributed by atoms with Crippen molar-refractivity contribution < 1.29 is 29.3 Å². The minimum Gasteiger partial charge on any atom is -0.507 e. The number of ketones is 1. The summed E-state index contributed by atoms with van der Waals surface area (Å²) in [4.78, 5) is 30.0. The molecule has 0 radical (unpaired) electrons. The number of hydrogen-bond acceptors (Lipinski definition) is 7. The van der Waals surface area contributed by atoms with E-state index in [-0.39, 0.29) is 29.4 Å². The lowest BCUT2D eigenvalue weighted by Gasteiger charge is -2.28. The lowest BCUT2D eigenvalue weighted by atomic mass is 9.95. The summed E-state index contributed by atoms with van der Waals surface area (Å²) in [6.45, 7) is 6.50. The molecule has 0 saturated carbocycles. The van der Waals surface area contributed by atoms with Crippen LogP contribution in [-0.2, 0) is 9.59 Å². The molecule has 0 aliphatic carbocycles. The highest BCUT2D eigenvalue weighted by atomic mass is 79.9. The van der Waals surface area contributed by atoms with E-state index in [1.54, 1.807) is 36.4 Å². The molecule has 1 unspecified atom stereocenters. The molecule has 8 nitrogen and oxygen atoms in total. The molecule has 0 spiro atoms. The molecule has 182 valence electrons. The Balaban J connectivity index is 2.19. The van der Waals surface area contributed by atoms with Gasteiger partial charge in [-0.15, -0.1) is 0 Å². The van der Waals surface area contributed by atoms with Crippen LogP contribution < -0.4 is 9.47 Å². The maximum Gasteiger partial charge on any atom is 0.295 e. The fourth-order valence-electron chi connectivity index (χ4n) is 4.08. The number of carbonyl (C=O) groups excluding carboxylic acids is 2. The maximum atomic E-state index is 13.2. The average Bonchev–Trinajstić information content (AvgIpc) is 3.10. The Hall–Kier alpha value is -3.04. The van der Waals surface area contributed by atoms with Gasteiger partial charge in [-0.25, -0.2) is 0 Å². The van der Waals surface area contributed by atoms with Gasteiger partial charge < -0.3 is 29.5 Å². The topological polar surface area (TPSA) is 99.5 Å². The number of likely N-dealkylation sites (N-methyl/N-ethyl adjacent to an activating group) is 1. The van der Waals surface area contributed by atoms with Crippen molar-refractivity contribution in [2.24, 2.45) is 0 Å². The molecule has 1 aliphatic rings. The number of hydrogen-bond donors (Lipinski definition) is 2. The Bertz CT molecular complexity index is 1110. The van der Waals surface area contributed by atoms with E-state index in [4.69, 9.17) is 9.47 Å². The number of carbonyl (C=O) groups is 2. The molecule has 3 rings (SSSR count). The van der Waals surface area contributed by atoms with Crippen LogP contribution in [0.5, 0.6) is 17.2 Å². The van der Waals surface area contributed by atoms with Gasteiger partial charge in [0.2, 0.25) is 0 Å². The first-order valence-corrected chi connectivity index (χ1v) is 11.8. The fraction of sp³-hybridized carbons (Fsp3) is 0.360. The Morgan fingerprint density at radius 3 is 2.44 bits per heavy atom. The zero-order valence-electron chi connectivity index (χ0n) is 19.7. The number of likely N-dealkylation sites (tertiary alicyclic amines) is 1. The first-order chi connectivity index (χ1) is 16.3. The molecule has 0 bridgehead atoms. The largest absolute Gasteiger partial charge is 0.507 e. The Morgan fingerprint density at radius 1 is 1.12 bits per heavy atom. The Morgan fingerprint density at radius 2 is 1.82 bits per heavy atom. The monoisotopic (exact) mass is 532 g/mol. The molecule has 9 heteroatoms. The van der Waals surface area contributed by atoms with E-state index in [2.05, 4.69) is 20.8 Å². The number of rotatable bonds is 9. The van der Waals surface area contributed by atoms with Crippen LogP contribution >= 0.6 is 15.9 Å². The number of benzene rings is 2. The summed E-state index contributed by atoms with van der Waals surface area (Å²) in [7, 11) is 2.92. The highest BCUT2D eigenvalue weighted by Crippen LogP contribution is 2.44. The van der Waals surface area contributed by atoms with Gasteiger partial charge >= 0.3 is 0 Å². The van der Waals surface area contributed by atoms with Crippen LogP contribution in [0.1, 0.15) is 31.0 Å². The van der Waals surface area contributed by atoms with Crippen LogP contribution in [0.4, 0.5) is 0 Å². The maximum absolute atomic E-state index is 13.2. The van der Waals surface area contributed by atoms with Crippen molar-refractivity contribution in [1.82, 2.24) is 9.80 Å². The summed E-state index contributed by atoms with van der Waals surface area (Å²) < 4.78 is 10.9. The lowest BCUT2D eigenvalue weighted by molar-refractivity contribution is -0.140. The van der Waals surface area contributed by atoms with Crippen LogP contribution in [0.2, 0.25) is 0 Å². The standard InChI is InChI=1S/C25H29BrN2O6/c1-5-27(6-2)10-11-28-21(16-13-18(26)23(30)19(14-16)34-4)20(24(31)25(28)32)22(29)15-8-7-9-17(12-15)33-3/h7-9,12-14,21,29-30H,5-6,10-11H2,1-4H3/b22-20+. The van der Waals surface area contributed by atoms with Gasteiger partial charge in [0.1, 0.15) is 11.5 Å². The zero-order chi connectivity index (χ0) is 25.0. The number of ether oxygens (including phenoxy) is 2. The summed E-state index contributed by atoms with van der Waals surface area (Å²) in [5.41, 5.74) is 0.845. The summed E-state index contributed by atoms with van der Waals surface area (Å²) in [6, 6.07) is 8.98. The summed E-state index contributed by atoms with van der Waals surface area (Å²) >= 11 is 3.32. The number of aromatic hydroxyl groups is 1. The molecule has 1 heterocycles. The molecule has 2 N–H and O–H groups in total. The van der Waals surface area contributed by atoms with Gasteiger partial charge in [-0.2, -0.15) is 0 Å². The van der Waals surface area contributed by atoms with E-state index >= 15 is 0 Å². The third-order valence-corrected chi connectivity index (χ3v) is 6.63. The molecule has 1 saturated heterocycles. The number of methoxy groups -OCH3 is 2. The highest BCUT2D eigenvalue weighted by Gasteiger charge is 2.46. The van der Waals surface area contributed by atoms with Gasteiger partial charge in [0.05, 0.1) is 30.3 Å². The number of aliphatic hydroxyl groups is 1. The van der Waals surface area contributed by atoms with Gasteiger partial charge in [-0.3, -0.25) is 9.59 Å². The van der Waals surface area contributed by atoms with Crippen molar-refractivity contribution in [3.8, 4) is 17.2 Å². The van der Waals surface area contributed by atoms with Crippen LogP contribution in [0.25, 0.3) is 5.76 Å². The van der Waals surface area contributed by atoms with E-state index in [9.17, 15) is 19.8 Å². The molecule has 2 aromatic rings. The van der Waals surface area contributed by atoms with Crippen molar-refractivity contribution in [2.75, 3.05) is 40.4 Å². The first kappa shape index (κ1) is 25.6. The molecule has 1 aliphatic heterocycles. The quantitative estimate of drug-likeness (QED) is 0.286. The second kappa shape index (κ2) is 10.9. The number of aliphatic hydroxyl groups excluding tert-OH is 1. The van der Waals surface area contributed by atoms with Gasteiger partial charge in [-0.1, -0.05) is 26.0 Å². The van der Waals surface area contributed by atoms with Crippen LogP contribution in [0.3, 0.4) is 0 Å². The number of halogens is 1. The SMILES string of the molecule is CCN(CC)CCN1C(=O)C(=O)/C(=C(/O)c2cccc(OC)c2)C1c1cc(Br)c(O)c(OC)c1. The predicted octanol–water partition coefficient (Wildman–Crippen LogP) is 3.94. The van der Waals surface area contributed by atoms with Crippen molar-refractivity contribution in [1.29, 1.82) is 0 Å². The Labute approximate surface area is 207 Å². The molecule has 34 heavy (non-hydrogen) atoms. The van der Waals surface area contributed by atoms with E-state index in [0.29, 0.717) is 27.9 Å². The van der Waals surface area contributed by atoms with Crippen molar-refractivity contribution in [2.45, 2.75) is 19.9 Å². The molecular formula is C25H29BrN2O6. The second-order valence-electron chi connectivity index (χ2n) is 7.80. The Kier molecular flexibility index (Phi) is 8.22. The average molecular weight is 533 g/mol. The lowest BCUT2D eigenvalue weighted by Crippen LogP contribution is -2.38. The van der Waals surface area contributed by atoms with Gasteiger partial charge in [0.25, 0.3) is 11.7 Å². The minimum absolute atomic E-state index is 0.0301. The molecule has 1 amide bonds. The number of Topliss-reactive ketones (excluding diaryl/α,β-unsaturated/α-hetero) is 1.